The van der Waals surface area contributed by atoms with Gasteiger partial charge in [0.25, 0.3) is 11.8 Å². The lowest BCUT2D eigenvalue weighted by atomic mass is 10.0. The maximum absolute atomic E-state index is 12.9. The molecule has 0 bridgehead atoms. The first-order chi connectivity index (χ1) is 13.8. The number of nitrogens with one attached hydrogen (secondary N) is 3. The lowest BCUT2D eigenvalue weighted by Gasteiger charge is -2.13. The quantitative estimate of drug-likeness (QED) is 0.504. The molecule has 146 valence electrons. The number of H-pyrrole nitrogens is 1. The summed E-state index contributed by atoms with van der Waals surface area (Å²) in [5, 5.41) is 17.8. The predicted octanol–water partition coefficient (Wildman–Crippen LogP) is 2.89. The van der Waals surface area contributed by atoms with Gasteiger partial charge in [0.15, 0.2) is 0 Å². The van der Waals surface area contributed by atoms with Gasteiger partial charge in [0.2, 0.25) is 0 Å². The first-order valence-electron chi connectivity index (χ1n) is 8.35. The molecule has 29 heavy (non-hydrogen) atoms. The van der Waals surface area contributed by atoms with Crippen LogP contribution in [0.5, 0.6) is 0 Å². The number of nitriles is 1. The molecule has 2 amide bonds. The fourth-order valence-electron chi connectivity index (χ4n) is 2.72. The van der Waals surface area contributed by atoms with Gasteiger partial charge in [-0.1, -0.05) is 11.6 Å². The first-order valence-corrected chi connectivity index (χ1v) is 9.52. The van der Waals surface area contributed by atoms with Gasteiger partial charge in [0.05, 0.1) is 22.9 Å². The van der Waals surface area contributed by atoms with Crippen LogP contribution in [0, 0.1) is 18.3 Å². The van der Waals surface area contributed by atoms with Crippen molar-refractivity contribution in [3.63, 3.8) is 0 Å². The van der Waals surface area contributed by atoms with Crippen LogP contribution in [-0.2, 0) is 0 Å². The summed E-state index contributed by atoms with van der Waals surface area (Å²) in [6.45, 7) is 1.71. The van der Waals surface area contributed by atoms with Crippen LogP contribution in [0.3, 0.4) is 0 Å². The Balaban J connectivity index is 1.99. The van der Waals surface area contributed by atoms with Gasteiger partial charge in [-0.2, -0.15) is 5.26 Å². The van der Waals surface area contributed by atoms with E-state index in [4.69, 9.17) is 16.9 Å². The number of carbonyl (C=O) groups excluding carboxylic acids is 2. The second-order valence-electron chi connectivity index (χ2n) is 6.01. The number of hydrogen-bond donors (Lipinski definition) is 3. The van der Waals surface area contributed by atoms with E-state index < -0.39 is 11.8 Å². The zero-order valence-corrected chi connectivity index (χ0v) is 17.7. The van der Waals surface area contributed by atoms with Gasteiger partial charge in [0.1, 0.15) is 27.6 Å². The number of anilines is 1. The summed E-state index contributed by atoms with van der Waals surface area (Å²) < 4.78 is 1.91. The molecule has 0 unspecified atom stereocenters. The van der Waals surface area contributed by atoms with E-state index in [1.54, 1.807) is 31.3 Å². The molecular weight excluding hydrogens is 460 g/mol. The Kier molecular flexibility index (Phi) is 5.96. The standard InChI is InChI=1S/C19H14BrClN6O2/c1-10-6-11(8-22)7-12(18(28)23-2)15(10)25-19(29)13-9-27(26-16(13)20)17-14(21)4-3-5-24-17/h3-7,9H,1-2H3,(H2,23,25,28,29)/p+1. The van der Waals surface area contributed by atoms with Crippen molar-refractivity contribution in [2.75, 3.05) is 12.4 Å². The fraction of sp³-hybridized carbons (Fsp3) is 0.105. The highest BCUT2D eigenvalue weighted by Gasteiger charge is 2.24. The van der Waals surface area contributed by atoms with Crippen molar-refractivity contribution in [1.82, 2.24) is 15.4 Å². The number of halogens is 2. The van der Waals surface area contributed by atoms with E-state index in [0.29, 0.717) is 32.3 Å². The third-order valence-electron chi connectivity index (χ3n) is 4.10. The Labute approximate surface area is 179 Å². The van der Waals surface area contributed by atoms with E-state index in [0.717, 1.165) is 0 Å². The van der Waals surface area contributed by atoms with Crippen LogP contribution in [0.15, 0.2) is 41.3 Å². The zero-order chi connectivity index (χ0) is 21.1. The highest BCUT2D eigenvalue weighted by atomic mass is 79.9. The molecule has 0 radical (unpaired) electrons. The molecule has 0 spiro atoms. The number of pyridine rings is 1. The highest BCUT2D eigenvalue weighted by molar-refractivity contribution is 9.10. The van der Waals surface area contributed by atoms with Gasteiger partial charge < -0.3 is 10.6 Å². The van der Waals surface area contributed by atoms with Crippen LogP contribution in [0.25, 0.3) is 5.82 Å². The monoisotopic (exact) mass is 473 g/mol. The third-order valence-corrected chi connectivity index (χ3v) is 5.00. The SMILES string of the molecule is CNC(=O)c1cc(C#N)cc(C)c1NC(=O)c1c[n+](-c2ncccc2Cl)[nH]c1Br. The number of amides is 2. The first kappa shape index (κ1) is 20.5. The number of rotatable bonds is 4. The Morgan fingerprint density at radius 3 is 2.72 bits per heavy atom. The maximum Gasteiger partial charge on any atom is 0.365 e. The molecule has 8 nitrogen and oxygen atoms in total. The van der Waals surface area contributed by atoms with E-state index >= 15 is 0 Å². The fourth-order valence-corrected chi connectivity index (χ4v) is 3.41. The summed E-state index contributed by atoms with van der Waals surface area (Å²) in [4.78, 5) is 29.4. The molecule has 1 aromatic carbocycles. The zero-order valence-electron chi connectivity index (χ0n) is 15.4. The van der Waals surface area contributed by atoms with E-state index in [2.05, 4.69) is 36.6 Å². The lowest BCUT2D eigenvalue weighted by molar-refractivity contribution is -0.659. The summed E-state index contributed by atoms with van der Waals surface area (Å²) in [6.07, 6.45) is 3.12. The van der Waals surface area contributed by atoms with Gasteiger partial charge in [-0.3, -0.25) is 9.59 Å². The summed E-state index contributed by atoms with van der Waals surface area (Å²) in [6, 6.07) is 8.42. The van der Waals surface area contributed by atoms with Crippen LogP contribution in [0.1, 0.15) is 31.8 Å². The normalized spacial score (nSPS) is 10.3. The topological polar surface area (TPSA) is 115 Å². The molecule has 3 N–H and O–H groups in total. The molecular formula is C19H15BrClN6O2+. The molecule has 3 aromatic rings. The number of carbonyl (C=O) groups is 2. The molecule has 0 saturated heterocycles. The van der Waals surface area contributed by atoms with Crippen molar-refractivity contribution in [1.29, 1.82) is 5.26 Å². The average Bonchev–Trinajstić information content (AvgIpc) is 3.10. The van der Waals surface area contributed by atoms with Gasteiger partial charge in [0, 0.05) is 7.05 Å². The molecule has 0 aliphatic rings. The van der Waals surface area contributed by atoms with Crippen LogP contribution >= 0.6 is 27.5 Å². The summed E-state index contributed by atoms with van der Waals surface area (Å²) in [5.41, 5.74) is 1.71. The van der Waals surface area contributed by atoms with Gasteiger partial charge in [-0.15, -0.1) is 4.68 Å². The van der Waals surface area contributed by atoms with Crippen molar-refractivity contribution >= 4 is 45.0 Å². The molecule has 0 atom stereocenters. The average molecular weight is 475 g/mol. The Hall–Kier alpha value is -3.22. The molecule has 10 heteroatoms. The Morgan fingerprint density at radius 1 is 1.31 bits per heavy atom. The van der Waals surface area contributed by atoms with Crippen LogP contribution in [0.4, 0.5) is 5.69 Å². The number of nitrogens with zero attached hydrogens (tertiary/aromatic N) is 3. The minimum Gasteiger partial charge on any atom is -0.355 e. The minimum atomic E-state index is -0.461. The van der Waals surface area contributed by atoms with Crippen molar-refractivity contribution in [2.45, 2.75) is 6.92 Å². The second kappa shape index (κ2) is 8.43. The van der Waals surface area contributed by atoms with Crippen LogP contribution < -0.4 is 15.3 Å². The van der Waals surface area contributed by atoms with Crippen molar-refractivity contribution in [3.05, 3.63) is 68.5 Å². The summed E-state index contributed by atoms with van der Waals surface area (Å²) in [7, 11) is 1.48. The largest absolute Gasteiger partial charge is 0.365 e. The minimum absolute atomic E-state index is 0.199. The maximum atomic E-state index is 12.9. The van der Waals surface area contributed by atoms with Gasteiger partial charge >= 0.3 is 5.82 Å². The lowest BCUT2D eigenvalue weighted by Crippen LogP contribution is -2.33. The number of aromatic nitrogens is 3. The number of benzene rings is 1. The number of aromatic amines is 1. The Bertz CT molecular complexity index is 1170. The van der Waals surface area contributed by atoms with E-state index in [-0.39, 0.29) is 11.1 Å². The van der Waals surface area contributed by atoms with E-state index in [1.807, 2.05) is 6.07 Å². The molecule has 0 aliphatic heterocycles. The van der Waals surface area contributed by atoms with Crippen molar-refractivity contribution in [3.8, 4) is 11.9 Å². The van der Waals surface area contributed by atoms with Crippen LogP contribution in [-0.4, -0.2) is 28.9 Å². The summed E-state index contributed by atoms with van der Waals surface area (Å²) in [5.74, 6) is -0.449. The van der Waals surface area contributed by atoms with Crippen molar-refractivity contribution < 1.29 is 14.3 Å². The van der Waals surface area contributed by atoms with E-state index in [9.17, 15) is 9.59 Å². The van der Waals surface area contributed by atoms with Crippen molar-refractivity contribution in [2.24, 2.45) is 0 Å². The molecule has 3 rings (SSSR count). The molecule has 2 heterocycles. The van der Waals surface area contributed by atoms with Crippen LogP contribution in [0.2, 0.25) is 5.02 Å². The Morgan fingerprint density at radius 2 is 2.07 bits per heavy atom. The predicted molar refractivity (Wildman–Crippen MR) is 110 cm³/mol. The molecule has 0 saturated carbocycles. The second-order valence-corrected chi connectivity index (χ2v) is 7.21. The molecule has 0 fully saturated rings. The molecule has 2 aromatic heterocycles. The van der Waals surface area contributed by atoms with E-state index in [1.165, 1.54) is 24.0 Å². The van der Waals surface area contributed by atoms with Gasteiger partial charge in [-0.05, 0) is 57.7 Å². The molecule has 0 aliphatic carbocycles. The highest BCUT2D eigenvalue weighted by Crippen LogP contribution is 2.25. The third kappa shape index (κ3) is 4.13. The smallest absolute Gasteiger partial charge is 0.355 e. The number of hydrogen-bond acceptors (Lipinski definition) is 4. The summed E-state index contributed by atoms with van der Waals surface area (Å²) >= 11 is 9.49. The number of aryl methyl sites for hydroxylation is 1. The van der Waals surface area contributed by atoms with Gasteiger partial charge in [-0.25, -0.2) is 5.10 Å².